The molecule has 5 amide bonds. The number of nitrogens with zero attached hydrogens (tertiary/aromatic N) is 3. The Balaban J connectivity index is 0.794. The molecule has 0 aliphatic carbocycles. The largest absolute Gasteiger partial charge is 0.382 e. The number of ether oxygens (including phenoxy) is 4. The number of halogens is 1. The lowest BCUT2D eigenvalue weighted by atomic mass is 10.0. The van der Waals surface area contributed by atoms with Crippen molar-refractivity contribution in [1.29, 1.82) is 0 Å². The number of nitrogens with two attached hydrogens (primary N) is 1. The molecule has 0 bridgehead atoms. The number of imide groups is 2. The van der Waals surface area contributed by atoms with Crippen molar-refractivity contribution in [1.82, 2.24) is 24.9 Å². The van der Waals surface area contributed by atoms with E-state index in [9.17, 15) is 32.4 Å². The maximum atomic E-state index is 13.2. The second-order valence-corrected chi connectivity index (χ2v) is 16.6. The molecule has 2 aliphatic heterocycles. The molecule has 4 aromatic rings. The number of amides is 5. The molecule has 1 unspecified atom stereocenters. The molecule has 6 rings (SSSR count). The summed E-state index contributed by atoms with van der Waals surface area (Å²) >= 11 is 3.41. The summed E-state index contributed by atoms with van der Waals surface area (Å²) in [5, 5.41) is 11.5. The van der Waals surface area contributed by atoms with Crippen LogP contribution in [0.5, 0.6) is 0 Å². The van der Waals surface area contributed by atoms with Crippen LogP contribution in [0.1, 0.15) is 49.5 Å². The molecule has 1 atom stereocenters. The zero-order valence-electron chi connectivity index (χ0n) is 34.1. The van der Waals surface area contributed by atoms with Gasteiger partial charge in [0.15, 0.2) is 0 Å². The third kappa shape index (κ3) is 12.2. The third-order valence-corrected chi connectivity index (χ3v) is 11.7. The van der Waals surface area contributed by atoms with Gasteiger partial charge in [0.05, 0.1) is 84.6 Å². The van der Waals surface area contributed by atoms with E-state index in [4.69, 9.17) is 24.7 Å². The zero-order chi connectivity index (χ0) is 44.9. The van der Waals surface area contributed by atoms with Crippen LogP contribution in [0.2, 0.25) is 0 Å². The van der Waals surface area contributed by atoms with Crippen LogP contribution in [0.3, 0.4) is 0 Å². The van der Waals surface area contributed by atoms with Gasteiger partial charge in [-0.05, 0) is 77.3 Å². The number of sulfonamides is 1. The lowest BCUT2D eigenvalue weighted by Crippen LogP contribution is -2.54. The number of carbonyl (C=O) groups excluding carboxylic acids is 5. The minimum atomic E-state index is -3.81. The summed E-state index contributed by atoms with van der Waals surface area (Å²) in [6, 6.07) is 15.2. The van der Waals surface area contributed by atoms with Crippen molar-refractivity contribution in [3.05, 3.63) is 93.6 Å². The highest BCUT2D eigenvalue weighted by atomic mass is 79.9. The van der Waals surface area contributed by atoms with Crippen molar-refractivity contribution in [2.24, 2.45) is 5.73 Å². The number of anilines is 5. The van der Waals surface area contributed by atoms with Crippen LogP contribution in [0.15, 0.2) is 76.2 Å². The topological polar surface area (TPSA) is 272 Å². The molecule has 0 radical (unpaired) electrons. The molecule has 7 N–H and O–H groups in total. The van der Waals surface area contributed by atoms with Crippen molar-refractivity contribution in [3.8, 4) is 0 Å². The van der Waals surface area contributed by atoms with E-state index < -0.39 is 45.6 Å². The molecule has 1 aromatic heterocycles. The number of fused-ring (bicyclic) bond motifs is 1. The standard InChI is InChI=1S/C41H46BrN9O11S/c1-25-4-2-7-31(34(25)36(43)53)48-37-29(42)24-45-41(50-37)47-26-8-10-27(11-9-26)63(57,58)46-15-17-60-19-21-62-23-22-61-20-18-59-16-14-44-30-6-3-5-28-35(30)40(56)51(39(28)55)32-12-13-33(52)49-38(32)54/h2-11,24,32,44,46H,12-23H2,1H3,(H2,43,53)(H,49,52,54)(H2,45,47,48,50). The number of hydrogen-bond donors (Lipinski definition) is 6. The predicted octanol–water partition coefficient (Wildman–Crippen LogP) is 2.99. The molecule has 0 spiro atoms. The minimum absolute atomic E-state index is 0.0443. The maximum absolute atomic E-state index is 13.2. The summed E-state index contributed by atoms with van der Waals surface area (Å²) in [4.78, 5) is 71.8. The van der Waals surface area contributed by atoms with E-state index in [-0.39, 0.29) is 61.2 Å². The van der Waals surface area contributed by atoms with Gasteiger partial charge in [-0.3, -0.25) is 34.2 Å². The third-order valence-electron chi connectivity index (χ3n) is 9.62. The van der Waals surface area contributed by atoms with Crippen LogP contribution in [0.25, 0.3) is 0 Å². The Labute approximate surface area is 371 Å². The molecule has 1 saturated heterocycles. The average Bonchev–Trinajstić information content (AvgIpc) is 3.50. The normalized spacial score (nSPS) is 15.0. The number of carbonyl (C=O) groups is 5. The first-order valence-corrected chi connectivity index (χ1v) is 22.1. The number of piperidine rings is 1. The maximum Gasteiger partial charge on any atom is 0.264 e. The Morgan fingerprint density at radius 1 is 0.841 bits per heavy atom. The monoisotopic (exact) mass is 951 g/mol. The van der Waals surface area contributed by atoms with Gasteiger partial charge in [0.25, 0.3) is 17.7 Å². The highest BCUT2D eigenvalue weighted by Gasteiger charge is 2.45. The van der Waals surface area contributed by atoms with E-state index in [1.54, 1.807) is 49.4 Å². The van der Waals surface area contributed by atoms with E-state index in [2.05, 4.69) is 51.9 Å². The first kappa shape index (κ1) is 46.6. The number of nitrogens with one attached hydrogen (secondary N) is 5. The van der Waals surface area contributed by atoms with Crippen LogP contribution < -0.4 is 31.7 Å². The number of rotatable bonds is 24. The highest BCUT2D eigenvalue weighted by Crippen LogP contribution is 2.33. The van der Waals surface area contributed by atoms with E-state index in [0.29, 0.717) is 78.1 Å². The van der Waals surface area contributed by atoms with E-state index in [1.807, 2.05) is 0 Å². The van der Waals surface area contributed by atoms with Crippen molar-refractivity contribution < 1.29 is 51.3 Å². The summed E-state index contributed by atoms with van der Waals surface area (Å²) in [7, 11) is -3.81. The fourth-order valence-corrected chi connectivity index (χ4v) is 7.90. The Morgan fingerprint density at radius 3 is 2.14 bits per heavy atom. The van der Waals surface area contributed by atoms with Gasteiger partial charge in [0, 0.05) is 37.1 Å². The van der Waals surface area contributed by atoms with Crippen LogP contribution in [0.4, 0.5) is 28.8 Å². The van der Waals surface area contributed by atoms with Gasteiger partial charge in [-0.1, -0.05) is 18.2 Å². The molecule has 2 aliphatic rings. The number of aryl methyl sites for hydroxylation is 1. The van der Waals surface area contributed by atoms with Crippen molar-refractivity contribution >= 4 is 84.3 Å². The molecular weight excluding hydrogens is 906 g/mol. The van der Waals surface area contributed by atoms with Crippen molar-refractivity contribution in [2.75, 3.05) is 81.9 Å². The molecule has 63 heavy (non-hydrogen) atoms. The van der Waals surface area contributed by atoms with Crippen LogP contribution in [-0.2, 0) is 38.6 Å². The molecule has 3 heterocycles. The molecule has 22 heteroatoms. The second-order valence-electron chi connectivity index (χ2n) is 14.0. The first-order chi connectivity index (χ1) is 30.3. The summed E-state index contributed by atoms with van der Waals surface area (Å²) in [6.45, 7) is 4.43. The Morgan fingerprint density at radius 2 is 1.48 bits per heavy atom. The van der Waals surface area contributed by atoms with Crippen LogP contribution in [0, 0.1) is 6.92 Å². The Bertz CT molecular complexity index is 2440. The second kappa shape index (κ2) is 22.0. The molecule has 334 valence electrons. The number of aromatic nitrogens is 2. The van der Waals surface area contributed by atoms with Gasteiger partial charge in [-0.2, -0.15) is 4.98 Å². The average molecular weight is 953 g/mol. The summed E-state index contributed by atoms with van der Waals surface area (Å²) < 4.78 is 50.8. The van der Waals surface area contributed by atoms with Gasteiger partial charge >= 0.3 is 0 Å². The van der Waals surface area contributed by atoms with Gasteiger partial charge in [-0.15, -0.1) is 0 Å². The summed E-state index contributed by atoms with van der Waals surface area (Å²) in [5.74, 6) is -2.23. The van der Waals surface area contributed by atoms with Gasteiger partial charge in [-0.25, -0.2) is 18.1 Å². The lowest BCUT2D eigenvalue weighted by Gasteiger charge is -2.27. The number of primary amides is 1. The van der Waals surface area contributed by atoms with E-state index in [1.165, 1.54) is 24.4 Å². The first-order valence-electron chi connectivity index (χ1n) is 19.8. The lowest BCUT2D eigenvalue weighted by molar-refractivity contribution is -0.136. The van der Waals surface area contributed by atoms with E-state index in [0.717, 1.165) is 4.90 Å². The fraction of sp³-hybridized carbons (Fsp3) is 0.341. The Kier molecular flexibility index (Phi) is 16.2. The number of hydrogen-bond acceptors (Lipinski definition) is 16. The van der Waals surface area contributed by atoms with Gasteiger partial charge in [0.2, 0.25) is 27.8 Å². The minimum Gasteiger partial charge on any atom is -0.382 e. The van der Waals surface area contributed by atoms with E-state index >= 15 is 0 Å². The zero-order valence-corrected chi connectivity index (χ0v) is 36.5. The summed E-state index contributed by atoms with van der Waals surface area (Å²) in [6.07, 6.45) is 1.66. The van der Waals surface area contributed by atoms with Crippen molar-refractivity contribution in [3.63, 3.8) is 0 Å². The van der Waals surface area contributed by atoms with Crippen LogP contribution in [-0.4, -0.2) is 125 Å². The smallest absolute Gasteiger partial charge is 0.264 e. The molecule has 1 fully saturated rings. The summed E-state index contributed by atoms with van der Waals surface area (Å²) in [5.41, 5.74) is 8.48. The quantitative estimate of drug-likeness (QED) is 0.0435. The van der Waals surface area contributed by atoms with Crippen LogP contribution >= 0.6 is 15.9 Å². The van der Waals surface area contributed by atoms with Crippen molar-refractivity contribution in [2.45, 2.75) is 30.7 Å². The molecule has 0 saturated carbocycles. The van der Waals surface area contributed by atoms with Gasteiger partial charge in [0.1, 0.15) is 11.9 Å². The fourth-order valence-electron chi connectivity index (χ4n) is 6.60. The molecular formula is C41H46BrN9O11S. The SMILES string of the molecule is Cc1cccc(Nc2nc(Nc3ccc(S(=O)(=O)NCCOCCOCCOCCOCCNc4cccc5c4C(=O)N(C4CCC(=O)NC4=O)C5=O)cc3)ncc2Br)c1C(N)=O. The van der Waals surface area contributed by atoms with Gasteiger partial charge < -0.3 is 40.6 Å². The molecule has 3 aromatic carbocycles. The highest BCUT2D eigenvalue weighted by molar-refractivity contribution is 9.10. The predicted molar refractivity (Wildman–Crippen MR) is 233 cm³/mol. The number of benzene rings is 3. The molecule has 20 nitrogen and oxygen atoms in total. The Hall–Kier alpha value is -5.88.